The number of aliphatic imine (C=N–C) groups is 1. The van der Waals surface area contributed by atoms with Crippen molar-refractivity contribution in [2.45, 2.75) is 6.54 Å². The van der Waals surface area contributed by atoms with Crippen LogP contribution in [0.2, 0.25) is 0 Å². The fourth-order valence-corrected chi connectivity index (χ4v) is 2.05. The van der Waals surface area contributed by atoms with Crippen molar-refractivity contribution in [2.75, 3.05) is 40.0 Å². The van der Waals surface area contributed by atoms with Gasteiger partial charge in [-0.05, 0) is 17.7 Å². The Kier molecular flexibility index (Phi) is 8.70. The zero-order chi connectivity index (χ0) is 15.8. The van der Waals surface area contributed by atoms with Crippen molar-refractivity contribution < 1.29 is 14.3 Å². The van der Waals surface area contributed by atoms with Gasteiger partial charge in [0, 0.05) is 19.6 Å². The molecule has 23 heavy (non-hydrogen) atoms. The normalized spacial score (nSPS) is 14.8. The van der Waals surface area contributed by atoms with Crippen LogP contribution in [0, 0.1) is 0 Å². The van der Waals surface area contributed by atoms with Crippen molar-refractivity contribution in [1.29, 1.82) is 0 Å². The number of ether oxygens (including phenoxy) is 2. The summed E-state index contributed by atoms with van der Waals surface area (Å²) in [6.07, 6.45) is 0. The summed E-state index contributed by atoms with van der Waals surface area (Å²) in [5.74, 6) is 1.02. The van der Waals surface area contributed by atoms with E-state index in [-0.39, 0.29) is 36.4 Å². The lowest BCUT2D eigenvalue weighted by Crippen LogP contribution is -2.45. The molecule has 0 saturated carbocycles. The molecule has 1 aliphatic heterocycles. The first-order chi connectivity index (χ1) is 10.7. The molecule has 2 rings (SSSR count). The highest BCUT2D eigenvalue weighted by Gasteiger charge is 2.12. The summed E-state index contributed by atoms with van der Waals surface area (Å²) in [7, 11) is 1.62. The van der Waals surface area contributed by atoms with Gasteiger partial charge in [-0.25, -0.2) is 4.99 Å². The average Bonchev–Trinajstić information content (AvgIpc) is 2.59. The molecule has 1 amide bonds. The van der Waals surface area contributed by atoms with Gasteiger partial charge in [0.2, 0.25) is 5.91 Å². The first-order valence-electron chi connectivity index (χ1n) is 7.21. The first kappa shape index (κ1) is 19.5. The van der Waals surface area contributed by atoms with Gasteiger partial charge in [-0.3, -0.25) is 4.79 Å². The number of hydrogen-bond acceptors (Lipinski definition) is 4. The number of halogens is 1. The zero-order valence-electron chi connectivity index (χ0n) is 13.2. The molecule has 0 aromatic heterocycles. The van der Waals surface area contributed by atoms with Crippen molar-refractivity contribution in [3.05, 3.63) is 29.8 Å². The molecule has 0 atom stereocenters. The lowest BCUT2D eigenvalue weighted by molar-refractivity contribution is -0.119. The van der Waals surface area contributed by atoms with Crippen LogP contribution >= 0.6 is 24.0 Å². The van der Waals surface area contributed by atoms with Gasteiger partial charge in [-0.1, -0.05) is 12.1 Å². The fourth-order valence-electron chi connectivity index (χ4n) is 2.05. The number of carbonyl (C=O) groups is 1. The first-order valence-corrected chi connectivity index (χ1v) is 7.21. The molecule has 1 aromatic carbocycles. The van der Waals surface area contributed by atoms with Crippen LogP contribution in [-0.2, 0) is 16.1 Å². The number of morpholine rings is 1. The summed E-state index contributed by atoms with van der Waals surface area (Å²) in [5, 5.41) is 2.81. The Labute approximate surface area is 153 Å². The van der Waals surface area contributed by atoms with E-state index in [1.165, 1.54) is 0 Å². The second kappa shape index (κ2) is 10.3. The topological polar surface area (TPSA) is 89.2 Å². The SMILES string of the molecule is COc1ccc(CNC(=O)CN=C(N)N2CCOCC2)cc1.I. The van der Waals surface area contributed by atoms with E-state index < -0.39 is 0 Å². The van der Waals surface area contributed by atoms with Gasteiger partial charge < -0.3 is 25.4 Å². The molecule has 1 aliphatic rings. The number of nitrogens with one attached hydrogen (secondary N) is 1. The van der Waals surface area contributed by atoms with Crippen LogP contribution in [-0.4, -0.2) is 56.7 Å². The second-order valence-corrected chi connectivity index (χ2v) is 4.90. The van der Waals surface area contributed by atoms with E-state index in [1.54, 1.807) is 7.11 Å². The van der Waals surface area contributed by atoms with Crippen LogP contribution in [0.5, 0.6) is 5.75 Å². The predicted octanol–water partition coefficient (Wildman–Crippen LogP) is 0.576. The second-order valence-electron chi connectivity index (χ2n) is 4.90. The van der Waals surface area contributed by atoms with Gasteiger partial charge in [-0.15, -0.1) is 24.0 Å². The third-order valence-corrected chi connectivity index (χ3v) is 3.37. The highest BCUT2D eigenvalue weighted by atomic mass is 127. The summed E-state index contributed by atoms with van der Waals surface area (Å²) < 4.78 is 10.3. The maximum atomic E-state index is 11.8. The molecule has 8 heteroatoms. The van der Waals surface area contributed by atoms with E-state index in [4.69, 9.17) is 15.2 Å². The van der Waals surface area contributed by atoms with Crippen LogP contribution in [0.1, 0.15) is 5.56 Å². The van der Waals surface area contributed by atoms with Crippen molar-refractivity contribution in [3.63, 3.8) is 0 Å². The Morgan fingerprint density at radius 1 is 1.35 bits per heavy atom. The van der Waals surface area contributed by atoms with Crippen LogP contribution in [0.25, 0.3) is 0 Å². The largest absolute Gasteiger partial charge is 0.497 e. The Hall–Kier alpha value is -1.55. The van der Waals surface area contributed by atoms with E-state index in [0.29, 0.717) is 38.8 Å². The highest BCUT2D eigenvalue weighted by Crippen LogP contribution is 2.10. The van der Waals surface area contributed by atoms with Gasteiger partial charge in [0.25, 0.3) is 0 Å². The third-order valence-electron chi connectivity index (χ3n) is 3.37. The molecule has 0 bridgehead atoms. The quantitative estimate of drug-likeness (QED) is 0.402. The highest BCUT2D eigenvalue weighted by molar-refractivity contribution is 14.0. The van der Waals surface area contributed by atoms with Gasteiger partial charge in [0.05, 0.1) is 20.3 Å². The Morgan fingerprint density at radius 3 is 2.61 bits per heavy atom. The lowest BCUT2D eigenvalue weighted by Gasteiger charge is -2.27. The summed E-state index contributed by atoms with van der Waals surface area (Å²) in [4.78, 5) is 17.8. The molecule has 1 aromatic rings. The van der Waals surface area contributed by atoms with Crippen molar-refractivity contribution in [3.8, 4) is 5.75 Å². The van der Waals surface area contributed by atoms with E-state index in [9.17, 15) is 4.79 Å². The lowest BCUT2D eigenvalue weighted by atomic mass is 10.2. The Bertz CT molecular complexity index is 516. The van der Waals surface area contributed by atoms with Crippen molar-refractivity contribution in [2.24, 2.45) is 10.7 Å². The zero-order valence-corrected chi connectivity index (χ0v) is 15.5. The molecule has 0 aliphatic carbocycles. The van der Waals surface area contributed by atoms with E-state index in [2.05, 4.69) is 10.3 Å². The summed E-state index contributed by atoms with van der Waals surface area (Å²) in [5.41, 5.74) is 6.86. The van der Waals surface area contributed by atoms with Gasteiger partial charge in [0.15, 0.2) is 5.96 Å². The maximum absolute atomic E-state index is 11.8. The molecule has 1 heterocycles. The standard InChI is InChI=1S/C15H22N4O3.HI/c1-21-13-4-2-12(3-5-13)10-17-14(20)11-18-15(16)19-6-8-22-9-7-19;/h2-5H,6-11H2,1H3,(H2,16,18)(H,17,20);1H. The molecule has 0 spiro atoms. The minimum Gasteiger partial charge on any atom is -0.497 e. The van der Waals surface area contributed by atoms with Gasteiger partial charge >= 0.3 is 0 Å². The third kappa shape index (κ3) is 6.61. The number of guanidine groups is 1. The van der Waals surface area contributed by atoms with Crippen LogP contribution in [0.4, 0.5) is 0 Å². The molecule has 3 N–H and O–H groups in total. The van der Waals surface area contributed by atoms with Gasteiger partial charge in [-0.2, -0.15) is 0 Å². The minimum atomic E-state index is -0.160. The van der Waals surface area contributed by atoms with Crippen LogP contribution < -0.4 is 15.8 Å². The number of rotatable bonds is 5. The summed E-state index contributed by atoms with van der Waals surface area (Å²) in [6, 6.07) is 7.53. The van der Waals surface area contributed by atoms with E-state index >= 15 is 0 Å². The van der Waals surface area contributed by atoms with Crippen LogP contribution in [0.15, 0.2) is 29.3 Å². The van der Waals surface area contributed by atoms with Crippen molar-refractivity contribution >= 4 is 35.8 Å². The smallest absolute Gasteiger partial charge is 0.242 e. The maximum Gasteiger partial charge on any atom is 0.242 e. The average molecular weight is 434 g/mol. The Balaban J connectivity index is 0.00000264. The van der Waals surface area contributed by atoms with E-state index in [0.717, 1.165) is 11.3 Å². The number of nitrogens with zero attached hydrogens (tertiary/aromatic N) is 2. The van der Waals surface area contributed by atoms with Crippen molar-refractivity contribution in [1.82, 2.24) is 10.2 Å². The minimum absolute atomic E-state index is 0. The number of methoxy groups -OCH3 is 1. The number of nitrogens with two attached hydrogens (primary N) is 1. The van der Waals surface area contributed by atoms with Gasteiger partial charge in [0.1, 0.15) is 12.3 Å². The molecule has 7 nitrogen and oxygen atoms in total. The number of carbonyl (C=O) groups excluding carboxylic acids is 1. The molecule has 0 unspecified atom stereocenters. The number of benzene rings is 1. The molecule has 128 valence electrons. The molecular formula is C15H23IN4O3. The molecule has 1 saturated heterocycles. The van der Waals surface area contributed by atoms with Crippen LogP contribution in [0.3, 0.4) is 0 Å². The molecule has 0 radical (unpaired) electrons. The summed E-state index contributed by atoms with van der Waals surface area (Å²) in [6.45, 7) is 3.18. The summed E-state index contributed by atoms with van der Waals surface area (Å²) >= 11 is 0. The number of hydrogen-bond donors (Lipinski definition) is 2. The number of amides is 1. The molecular weight excluding hydrogens is 411 g/mol. The molecule has 1 fully saturated rings. The predicted molar refractivity (Wildman–Crippen MR) is 99.1 cm³/mol. The Morgan fingerprint density at radius 2 is 2.00 bits per heavy atom. The fraction of sp³-hybridized carbons (Fsp3) is 0.467. The van der Waals surface area contributed by atoms with E-state index in [1.807, 2.05) is 29.2 Å². The monoisotopic (exact) mass is 434 g/mol.